The van der Waals surface area contributed by atoms with Crippen molar-refractivity contribution in [3.63, 3.8) is 0 Å². The molecule has 5 heteroatoms. The van der Waals surface area contributed by atoms with E-state index in [0.717, 1.165) is 16.7 Å². The minimum absolute atomic E-state index is 0.0601. The van der Waals surface area contributed by atoms with Gasteiger partial charge >= 0.3 is 0 Å². The molecule has 0 unspecified atom stereocenters. The van der Waals surface area contributed by atoms with E-state index in [9.17, 15) is 14.7 Å². The summed E-state index contributed by atoms with van der Waals surface area (Å²) in [5.74, 6) is -0.240. The molecule has 0 aliphatic heterocycles. The molecule has 5 nitrogen and oxygen atoms in total. The summed E-state index contributed by atoms with van der Waals surface area (Å²) in [4.78, 5) is 23.8. The number of hydrogen-bond donors (Lipinski definition) is 3. The maximum Gasteiger partial charge on any atom is 0.251 e. The van der Waals surface area contributed by atoms with Gasteiger partial charge in [-0.2, -0.15) is 0 Å². The number of rotatable bonds is 6. The van der Waals surface area contributed by atoms with E-state index in [-0.39, 0.29) is 18.4 Å². The maximum absolute atomic E-state index is 12.2. The highest BCUT2D eigenvalue weighted by molar-refractivity contribution is 5.94. The maximum atomic E-state index is 12.2. The van der Waals surface area contributed by atoms with E-state index in [1.165, 1.54) is 0 Å². The molecule has 0 fully saturated rings. The zero-order valence-corrected chi connectivity index (χ0v) is 13.9. The number of aryl methyl sites for hydroxylation is 2. The Bertz CT molecular complexity index is 741. The van der Waals surface area contributed by atoms with Crippen molar-refractivity contribution in [3.05, 3.63) is 64.7 Å². The van der Waals surface area contributed by atoms with E-state index in [1.54, 1.807) is 25.2 Å². The molecule has 0 heterocycles. The van der Waals surface area contributed by atoms with Gasteiger partial charge in [-0.05, 0) is 48.2 Å². The lowest BCUT2D eigenvalue weighted by atomic mass is 10.1. The molecule has 0 atom stereocenters. The van der Waals surface area contributed by atoms with Crippen molar-refractivity contribution in [2.45, 2.75) is 26.4 Å². The summed E-state index contributed by atoms with van der Waals surface area (Å²) in [6.45, 7) is 1.85. The summed E-state index contributed by atoms with van der Waals surface area (Å²) in [6, 6.07) is 12.7. The van der Waals surface area contributed by atoms with Crippen LogP contribution in [0.15, 0.2) is 42.5 Å². The molecule has 0 aliphatic carbocycles. The van der Waals surface area contributed by atoms with Gasteiger partial charge in [-0.3, -0.25) is 9.59 Å². The molecular formula is C19H22N2O3. The summed E-state index contributed by atoms with van der Waals surface area (Å²) >= 11 is 0. The highest BCUT2D eigenvalue weighted by Crippen LogP contribution is 2.17. The van der Waals surface area contributed by atoms with E-state index in [2.05, 4.69) is 10.6 Å². The number of benzene rings is 2. The Morgan fingerprint density at radius 3 is 2.58 bits per heavy atom. The second-order valence-electron chi connectivity index (χ2n) is 5.64. The molecule has 0 bridgehead atoms. The first-order valence-corrected chi connectivity index (χ1v) is 7.84. The average molecular weight is 326 g/mol. The minimum Gasteiger partial charge on any atom is -0.392 e. The predicted octanol–water partition coefficient (Wildman–Crippen LogP) is 2.42. The number of nitrogens with one attached hydrogen (secondary N) is 2. The topological polar surface area (TPSA) is 78.4 Å². The molecule has 0 saturated heterocycles. The number of aliphatic hydroxyl groups is 1. The van der Waals surface area contributed by atoms with Crippen molar-refractivity contribution in [1.29, 1.82) is 0 Å². The standard InChI is InChI=1S/C19H22N2O3/c1-13-6-7-15(12-22)11-17(13)21-18(23)9-8-14-4-3-5-16(10-14)19(24)20-2/h3-7,10-11,22H,8-9,12H2,1-2H3,(H,20,24)(H,21,23). The second-order valence-corrected chi connectivity index (χ2v) is 5.64. The summed E-state index contributed by atoms with van der Waals surface area (Å²) in [5, 5.41) is 14.6. The fourth-order valence-electron chi connectivity index (χ4n) is 2.39. The Labute approximate surface area is 141 Å². The molecule has 0 saturated carbocycles. The number of amides is 2. The fourth-order valence-corrected chi connectivity index (χ4v) is 2.39. The van der Waals surface area contributed by atoms with Crippen LogP contribution in [0.3, 0.4) is 0 Å². The quantitative estimate of drug-likeness (QED) is 0.763. The van der Waals surface area contributed by atoms with Crippen LogP contribution in [-0.4, -0.2) is 24.0 Å². The van der Waals surface area contributed by atoms with Gasteiger partial charge < -0.3 is 15.7 Å². The SMILES string of the molecule is CNC(=O)c1cccc(CCC(=O)Nc2cc(CO)ccc2C)c1. The van der Waals surface area contributed by atoms with Gasteiger partial charge in [-0.15, -0.1) is 0 Å². The third-order valence-corrected chi connectivity index (χ3v) is 3.82. The van der Waals surface area contributed by atoms with Crippen molar-refractivity contribution in [2.24, 2.45) is 0 Å². The number of aliphatic hydroxyl groups excluding tert-OH is 1. The van der Waals surface area contributed by atoms with Gasteiger partial charge in [0.15, 0.2) is 0 Å². The molecule has 0 aliphatic rings. The summed E-state index contributed by atoms with van der Waals surface area (Å²) in [6.07, 6.45) is 0.870. The molecule has 0 aromatic heterocycles. The first kappa shape index (κ1) is 17.7. The first-order valence-electron chi connectivity index (χ1n) is 7.84. The highest BCUT2D eigenvalue weighted by Gasteiger charge is 2.08. The van der Waals surface area contributed by atoms with Crippen molar-refractivity contribution in [1.82, 2.24) is 5.32 Å². The molecule has 126 valence electrons. The Kier molecular flexibility index (Phi) is 6.09. The third kappa shape index (κ3) is 4.67. The molecule has 0 spiro atoms. The van der Waals surface area contributed by atoms with Gasteiger partial charge in [-0.25, -0.2) is 0 Å². The van der Waals surface area contributed by atoms with Crippen molar-refractivity contribution in [3.8, 4) is 0 Å². The van der Waals surface area contributed by atoms with Crippen molar-refractivity contribution < 1.29 is 14.7 Å². The molecule has 3 N–H and O–H groups in total. The lowest BCUT2D eigenvalue weighted by molar-refractivity contribution is -0.116. The van der Waals surface area contributed by atoms with Gasteiger partial charge in [0.1, 0.15) is 0 Å². The summed E-state index contributed by atoms with van der Waals surface area (Å²) < 4.78 is 0. The Morgan fingerprint density at radius 1 is 1.08 bits per heavy atom. The van der Waals surface area contributed by atoms with Crippen LogP contribution in [0.1, 0.15) is 33.5 Å². The number of hydrogen-bond acceptors (Lipinski definition) is 3. The van der Waals surface area contributed by atoms with Crippen LogP contribution < -0.4 is 10.6 Å². The summed E-state index contributed by atoms with van der Waals surface area (Å²) in [7, 11) is 1.59. The highest BCUT2D eigenvalue weighted by atomic mass is 16.3. The number of anilines is 1. The predicted molar refractivity (Wildman–Crippen MR) is 93.9 cm³/mol. The normalized spacial score (nSPS) is 10.3. The van der Waals surface area contributed by atoms with E-state index in [0.29, 0.717) is 24.1 Å². The van der Waals surface area contributed by atoms with Crippen LogP contribution in [0.25, 0.3) is 0 Å². The van der Waals surface area contributed by atoms with Crippen LogP contribution in [0.2, 0.25) is 0 Å². The van der Waals surface area contributed by atoms with E-state index < -0.39 is 0 Å². The zero-order chi connectivity index (χ0) is 17.5. The lowest BCUT2D eigenvalue weighted by Crippen LogP contribution is -2.18. The summed E-state index contributed by atoms with van der Waals surface area (Å²) in [5.41, 5.74) is 3.94. The Morgan fingerprint density at radius 2 is 1.88 bits per heavy atom. The van der Waals surface area contributed by atoms with Crippen LogP contribution >= 0.6 is 0 Å². The third-order valence-electron chi connectivity index (χ3n) is 3.82. The Balaban J connectivity index is 1.97. The fraction of sp³-hybridized carbons (Fsp3) is 0.263. The van der Waals surface area contributed by atoms with Crippen LogP contribution in [0, 0.1) is 6.92 Å². The molecule has 2 amide bonds. The number of carbonyl (C=O) groups excluding carboxylic acids is 2. The van der Waals surface area contributed by atoms with Crippen LogP contribution in [0.5, 0.6) is 0 Å². The largest absolute Gasteiger partial charge is 0.392 e. The zero-order valence-electron chi connectivity index (χ0n) is 13.9. The lowest BCUT2D eigenvalue weighted by Gasteiger charge is -2.10. The molecular weight excluding hydrogens is 304 g/mol. The second kappa shape index (κ2) is 8.26. The molecule has 2 aromatic carbocycles. The van der Waals surface area contributed by atoms with E-state index in [1.807, 2.05) is 31.2 Å². The van der Waals surface area contributed by atoms with Gasteiger partial charge in [0, 0.05) is 24.7 Å². The molecule has 24 heavy (non-hydrogen) atoms. The molecule has 2 rings (SSSR count). The smallest absolute Gasteiger partial charge is 0.251 e. The van der Waals surface area contributed by atoms with Crippen LogP contribution in [0.4, 0.5) is 5.69 Å². The average Bonchev–Trinajstić information content (AvgIpc) is 2.61. The van der Waals surface area contributed by atoms with E-state index in [4.69, 9.17) is 0 Å². The minimum atomic E-state index is -0.141. The first-order chi connectivity index (χ1) is 11.5. The molecule has 2 aromatic rings. The van der Waals surface area contributed by atoms with Crippen molar-refractivity contribution >= 4 is 17.5 Å². The monoisotopic (exact) mass is 326 g/mol. The van der Waals surface area contributed by atoms with Gasteiger partial charge in [0.25, 0.3) is 5.91 Å². The van der Waals surface area contributed by atoms with Gasteiger partial charge in [0.05, 0.1) is 6.61 Å². The van der Waals surface area contributed by atoms with Gasteiger partial charge in [0.2, 0.25) is 5.91 Å². The van der Waals surface area contributed by atoms with Crippen molar-refractivity contribution in [2.75, 3.05) is 12.4 Å². The van der Waals surface area contributed by atoms with E-state index >= 15 is 0 Å². The Hall–Kier alpha value is -2.66. The van der Waals surface area contributed by atoms with Crippen LogP contribution in [-0.2, 0) is 17.8 Å². The van der Waals surface area contributed by atoms with Gasteiger partial charge in [-0.1, -0.05) is 24.3 Å². The number of carbonyl (C=O) groups is 2. The molecule has 0 radical (unpaired) electrons.